The molecule has 2 aliphatic heterocycles. The zero-order chi connectivity index (χ0) is 21.5. The van der Waals surface area contributed by atoms with E-state index in [0.29, 0.717) is 32.0 Å². The fourth-order valence-electron chi connectivity index (χ4n) is 5.15. The third kappa shape index (κ3) is 3.04. The molecule has 1 amide bonds. The number of fused-ring (bicyclic) bond motifs is 2. The highest BCUT2D eigenvalue weighted by molar-refractivity contribution is 5.94. The van der Waals surface area contributed by atoms with Crippen molar-refractivity contribution in [1.29, 1.82) is 0 Å². The molecule has 0 spiro atoms. The minimum atomic E-state index is -0.224. The van der Waals surface area contributed by atoms with Gasteiger partial charge in [-0.05, 0) is 30.5 Å². The first kappa shape index (κ1) is 19.3. The highest BCUT2D eigenvalue weighted by Crippen LogP contribution is 2.41. The summed E-state index contributed by atoms with van der Waals surface area (Å²) in [5, 5.41) is 7.38. The molecule has 7 nitrogen and oxygen atoms in total. The van der Waals surface area contributed by atoms with Gasteiger partial charge in [0.1, 0.15) is 5.65 Å². The molecule has 0 saturated carbocycles. The molecule has 4 aromatic rings. The van der Waals surface area contributed by atoms with Crippen LogP contribution < -0.4 is 0 Å². The van der Waals surface area contributed by atoms with Gasteiger partial charge in [-0.25, -0.2) is 4.98 Å². The van der Waals surface area contributed by atoms with Crippen LogP contribution in [0, 0.1) is 0 Å². The lowest BCUT2D eigenvalue weighted by atomic mass is 9.70. The second-order valence-electron chi connectivity index (χ2n) is 8.66. The first-order valence-electron chi connectivity index (χ1n) is 11.2. The Kier molecular flexibility index (Phi) is 4.57. The lowest BCUT2D eigenvalue weighted by Gasteiger charge is -2.41. The number of amides is 1. The number of hydrogen-bond acceptors (Lipinski definition) is 4. The highest BCUT2D eigenvalue weighted by Gasteiger charge is 2.41. The zero-order valence-electron chi connectivity index (χ0n) is 17.8. The van der Waals surface area contributed by atoms with Crippen LogP contribution in [0.5, 0.6) is 0 Å². The van der Waals surface area contributed by atoms with Gasteiger partial charge in [-0.3, -0.25) is 9.89 Å². The SMILES string of the molecule is O=C(c1n[nH]c2c1COCC2)N1CCC(c2ccccc2)(c2cn3ccccc3n2)CC1. The summed E-state index contributed by atoms with van der Waals surface area (Å²) < 4.78 is 7.65. The van der Waals surface area contributed by atoms with Crippen molar-refractivity contribution in [3.63, 3.8) is 0 Å². The quantitative estimate of drug-likeness (QED) is 0.544. The Morgan fingerprint density at radius 2 is 1.88 bits per heavy atom. The Morgan fingerprint density at radius 1 is 1.06 bits per heavy atom. The molecule has 32 heavy (non-hydrogen) atoms. The fourth-order valence-corrected chi connectivity index (χ4v) is 5.15. The van der Waals surface area contributed by atoms with Crippen LogP contribution in [-0.4, -0.2) is 50.1 Å². The normalized spacial score (nSPS) is 17.9. The van der Waals surface area contributed by atoms with Gasteiger partial charge >= 0.3 is 0 Å². The average molecular weight is 428 g/mol. The summed E-state index contributed by atoms with van der Waals surface area (Å²) in [4.78, 5) is 20.2. The Bertz CT molecular complexity index is 1230. The number of aromatic nitrogens is 4. The Balaban J connectivity index is 1.32. The zero-order valence-corrected chi connectivity index (χ0v) is 17.8. The van der Waals surface area contributed by atoms with Crippen molar-refractivity contribution >= 4 is 11.6 Å². The maximum atomic E-state index is 13.3. The minimum Gasteiger partial charge on any atom is -0.376 e. The molecule has 6 rings (SSSR count). The van der Waals surface area contributed by atoms with Crippen molar-refractivity contribution in [2.45, 2.75) is 31.3 Å². The first-order valence-corrected chi connectivity index (χ1v) is 11.2. The van der Waals surface area contributed by atoms with Gasteiger partial charge in [0.15, 0.2) is 5.69 Å². The van der Waals surface area contributed by atoms with Crippen LogP contribution in [0.25, 0.3) is 5.65 Å². The van der Waals surface area contributed by atoms with Gasteiger partial charge in [0.05, 0.1) is 18.9 Å². The van der Waals surface area contributed by atoms with Crippen molar-refractivity contribution in [2.24, 2.45) is 0 Å². The van der Waals surface area contributed by atoms with E-state index in [9.17, 15) is 4.79 Å². The predicted molar refractivity (Wildman–Crippen MR) is 119 cm³/mol. The van der Waals surface area contributed by atoms with Gasteiger partial charge in [0.25, 0.3) is 5.91 Å². The van der Waals surface area contributed by atoms with Gasteiger partial charge in [0.2, 0.25) is 0 Å². The van der Waals surface area contributed by atoms with Crippen molar-refractivity contribution in [2.75, 3.05) is 19.7 Å². The van der Waals surface area contributed by atoms with Crippen LogP contribution in [0.3, 0.4) is 0 Å². The summed E-state index contributed by atoms with van der Waals surface area (Å²) in [6, 6.07) is 16.6. The van der Waals surface area contributed by atoms with Crippen LogP contribution in [0.15, 0.2) is 60.9 Å². The molecule has 3 aromatic heterocycles. The van der Waals surface area contributed by atoms with Crippen LogP contribution in [0.1, 0.15) is 45.8 Å². The lowest BCUT2D eigenvalue weighted by Crippen LogP contribution is -2.46. The van der Waals surface area contributed by atoms with Crippen molar-refractivity contribution in [3.05, 3.63) is 89.1 Å². The van der Waals surface area contributed by atoms with Crippen LogP contribution in [0.2, 0.25) is 0 Å². The molecule has 1 N–H and O–H groups in total. The number of nitrogens with zero attached hydrogens (tertiary/aromatic N) is 4. The van der Waals surface area contributed by atoms with Gasteiger partial charge < -0.3 is 14.0 Å². The number of rotatable bonds is 3. The van der Waals surface area contributed by atoms with Gasteiger partial charge in [-0.15, -0.1) is 0 Å². The summed E-state index contributed by atoms with van der Waals surface area (Å²) in [5.41, 5.74) is 5.49. The third-order valence-corrected chi connectivity index (χ3v) is 6.98. The van der Waals surface area contributed by atoms with E-state index in [1.54, 1.807) is 0 Å². The second kappa shape index (κ2) is 7.60. The molecule has 162 valence electrons. The van der Waals surface area contributed by atoms with Crippen molar-refractivity contribution in [3.8, 4) is 0 Å². The summed E-state index contributed by atoms with van der Waals surface area (Å²) in [6.07, 6.45) is 6.58. The molecular weight excluding hydrogens is 402 g/mol. The molecule has 0 aliphatic carbocycles. The molecule has 0 bridgehead atoms. The standard InChI is InChI=1S/C25H25N5O2/c31-24(23-19-17-32-15-9-20(19)27-28-23)29-13-10-25(11-14-29,18-6-2-1-3-7-18)21-16-30-12-5-4-8-22(30)26-21/h1-8,12,16H,9-11,13-15,17H2,(H,27,28). The second-order valence-corrected chi connectivity index (χ2v) is 8.66. The number of pyridine rings is 1. The number of ether oxygens (including phenoxy) is 1. The number of aromatic amines is 1. The van der Waals surface area contributed by atoms with Crippen molar-refractivity contribution < 1.29 is 9.53 Å². The van der Waals surface area contributed by atoms with Crippen molar-refractivity contribution in [1.82, 2.24) is 24.5 Å². The first-order chi connectivity index (χ1) is 15.7. The van der Waals surface area contributed by atoms with E-state index in [-0.39, 0.29) is 11.3 Å². The molecule has 2 aliphatic rings. The Labute approximate surface area is 186 Å². The fraction of sp³-hybridized carbons (Fsp3) is 0.320. The van der Waals surface area contributed by atoms with Crippen LogP contribution in [0.4, 0.5) is 0 Å². The molecule has 1 aromatic carbocycles. The Hall–Kier alpha value is -3.45. The molecule has 1 fully saturated rings. The van der Waals surface area contributed by atoms with E-state index in [4.69, 9.17) is 9.72 Å². The third-order valence-electron chi connectivity index (χ3n) is 6.98. The number of benzene rings is 1. The molecule has 0 radical (unpaired) electrons. The van der Waals surface area contributed by atoms with E-state index in [1.807, 2.05) is 35.4 Å². The maximum absolute atomic E-state index is 13.3. The minimum absolute atomic E-state index is 0.00957. The van der Waals surface area contributed by atoms with Gasteiger partial charge in [0, 0.05) is 48.6 Å². The van der Waals surface area contributed by atoms with E-state index in [0.717, 1.165) is 41.9 Å². The number of H-pyrrole nitrogens is 1. The molecular formula is C25H25N5O2. The Morgan fingerprint density at radius 3 is 2.69 bits per heavy atom. The number of likely N-dealkylation sites (tertiary alicyclic amines) is 1. The highest BCUT2D eigenvalue weighted by atomic mass is 16.5. The summed E-state index contributed by atoms with van der Waals surface area (Å²) >= 11 is 0. The average Bonchev–Trinajstić information content (AvgIpc) is 3.49. The van der Waals surface area contributed by atoms with E-state index >= 15 is 0 Å². The number of imidazole rings is 1. The lowest BCUT2D eigenvalue weighted by molar-refractivity contribution is 0.0666. The molecule has 0 unspecified atom stereocenters. The molecule has 0 atom stereocenters. The molecule has 1 saturated heterocycles. The monoisotopic (exact) mass is 427 g/mol. The van der Waals surface area contributed by atoms with E-state index < -0.39 is 0 Å². The largest absolute Gasteiger partial charge is 0.376 e. The van der Waals surface area contributed by atoms with Crippen LogP contribution >= 0.6 is 0 Å². The van der Waals surface area contributed by atoms with Gasteiger partial charge in [-0.1, -0.05) is 36.4 Å². The van der Waals surface area contributed by atoms with E-state index in [2.05, 4.69) is 45.1 Å². The number of carbonyl (C=O) groups excluding carboxylic acids is 1. The number of piperidine rings is 1. The summed E-state index contributed by atoms with van der Waals surface area (Å²) in [6.45, 7) is 2.44. The van der Waals surface area contributed by atoms with Gasteiger partial charge in [-0.2, -0.15) is 5.10 Å². The number of nitrogens with one attached hydrogen (secondary N) is 1. The van der Waals surface area contributed by atoms with Crippen LogP contribution in [-0.2, 0) is 23.2 Å². The molecule has 5 heterocycles. The molecule has 7 heteroatoms. The predicted octanol–water partition coefficient (Wildman–Crippen LogP) is 3.35. The summed E-state index contributed by atoms with van der Waals surface area (Å²) in [7, 11) is 0. The topological polar surface area (TPSA) is 75.5 Å². The number of hydrogen-bond donors (Lipinski definition) is 1. The smallest absolute Gasteiger partial charge is 0.274 e. The number of carbonyl (C=O) groups is 1. The van der Waals surface area contributed by atoms with E-state index in [1.165, 1.54) is 5.56 Å². The maximum Gasteiger partial charge on any atom is 0.274 e. The summed E-state index contributed by atoms with van der Waals surface area (Å²) in [5.74, 6) is -0.00957.